The van der Waals surface area contributed by atoms with E-state index in [0.29, 0.717) is 11.4 Å². The van der Waals surface area contributed by atoms with Crippen molar-refractivity contribution in [2.24, 2.45) is 0 Å². The number of hydrogen-bond donors (Lipinski definition) is 2. The number of fused-ring (bicyclic) bond motifs is 1. The summed E-state index contributed by atoms with van der Waals surface area (Å²) in [6, 6.07) is 15.7. The summed E-state index contributed by atoms with van der Waals surface area (Å²) in [5.74, 6) is -0.204. The second-order valence-corrected chi connectivity index (χ2v) is 6.32. The van der Waals surface area contributed by atoms with E-state index in [4.69, 9.17) is 0 Å². The lowest BCUT2D eigenvalue weighted by atomic mass is 10.2. The Morgan fingerprint density at radius 1 is 1.17 bits per heavy atom. The molecule has 1 amide bonds. The van der Waals surface area contributed by atoms with E-state index in [0.717, 1.165) is 22.5 Å². The van der Waals surface area contributed by atoms with E-state index in [9.17, 15) is 4.79 Å². The molecule has 0 atom stereocenters. The number of amides is 1. The highest BCUT2D eigenvalue weighted by Gasteiger charge is 2.12. The molecule has 24 heavy (non-hydrogen) atoms. The molecule has 4 rings (SSSR count). The Hall–Kier alpha value is -2.99. The molecule has 118 valence electrons. The predicted molar refractivity (Wildman–Crippen MR) is 95.4 cm³/mol. The average Bonchev–Trinajstić information content (AvgIpc) is 3.24. The second-order valence-electron chi connectivity index (χ2n) is 5.38. The quantitative estimate of drug-likeness (QED) is 0.595. The average molecular weight is 334 g/mol. The van der Waals surface area contributed by atoms with Gasteiger partial charge >= 0.3 is 0 Å². The monoisotopic (exact) mass is 334 g/mol. The van der Waals surface area contributed by atoms with Crippen LogP contribution in [0.2, 0.25) is 0 Å². The van der Waals surface area contributed by atoms with Gasteiger partial charge in [0.1, 0.15) is 5.69 Å². The van der Waals surface area contributed by atoms with Crippen molar-refractivity contribution in [1.29, 1.82) is 0 Å². The van der Waals surface area contributed by atoms with Gasteiger partial charge in [-0.15, -0.1) is 11.3 Å². The van der Waals surface area contributed by atoms with Crippen molar-refractivity contribution in [3.05, 3.63) is 76.5 Å². The smallest absolute Gasteiger partial charge is 0.275 e. The molecule has 0 aliphatic rings. The van der Waals surface area contributed by atoms with Crippen LogP contribution in [0.15, 0.2) is 60.2 Å². The van der Waals surface area contributed by atoms with Crippen LogP contribution in [0, 0.1) is 0 Å². The number of H-pyrrole nitrogens is 1. The number of carbonyl (C=O) groups excluding carboxylic acids is 1. The number of imidazole rings is 1. The van der Waals surface area contributed by atoms with E-state index in [-0.39, 0.29) is 5.91 Å². The van der Waals surface area contributed by atoms with Gasteiger partial charge in [0.2, 0.25) is 0 Å². The molecule has 4 aromatic rings. The van der Waals surface area contributed by atoms with Crippen LogP contribution in [-0.2, 0) is 6.42 Å². The maximum absolute atomic E-state index is 12.4. The Morgan fingerprint density at radius 2 is 2.04 bits per heavy atom. The molecule has 0 bridgehead atoms. The summed E-state index contributed by atoms with van der Waals surface area (Å²) in [6.07, 6.45) is 2.37. The van der Waals surface area contributed by atoms with Crippen LogP contribution in [-0.4, -0.2) is 20.9 Å². The van der Waals surface area contributed by atoms with Gasteiger partial charge in [-0.25, -0.2) is 9.97 Å². The molecule has 5 nitrogen and oxygen atoms in total. The minimum Gasteiger partial charge on any atom is -0.345 e. The van der Waals surface area contributed by atoms with Crippen molar-refractivity contribution in [3.8, 4) is 0 Å². The van der Waals surface area contributed by atoms with Gasteiger partial charge in [-0.2, -0.15) is 0 Å². The van der Waals surface area contributed by atoms with Crippen molar-refractivity contribution in [1.82, 2.24) is 15.0 Å². The molecule has 6 heteroatoms. The van der Waals surface area contributed by atoms with Crippen molar-refractivity contribution in [2.75, 3.05) is 5.32 Å². The Labute approximate surface area is 142 Å². The first-order valence-corrected chi connectivity index (χ1v) is 8.39. The van der Waals surface area contributed by atoms with Gasteiger partial charge in [-0.05, 0) is 23.8 Å². The molecular weight excluding hydrogens is 320 g/mol. The largest absolute Gasteiger partial charge is 0.345 e. The lowest BCUT2D eigenvalue weighted by molar-refractivity contribution is 0.102. The Bertz CT molecular complexity index is 990. The zero-order valence-electron chi connectivity index (χ0n) is 12.7. The van der Waals surface area contributed by atoms with Crippen molar-refractivity contribution in [3.63, 3.8) is 0 Å². The molecule has 0 saturated carbocycles. The van der Waals surface area contributed by atoms with Gasteiger partial charge in [0.25, 0.3) is 5.91 Å². The van der Waals surface area contributed by atoms with E-state index < -0.39 is 0 Å². The van der Waals surface area contributed by atoms with Gasteiger partial charge in [-0.1, -0.05) is 30.3 Å². The van der Waals surface area contributed by atoms with Crippen LogP contribution in [0.25, 0.3) is 11.0 Å². The summed E-state index contributed by atoms with van der Waals surface area (Å²) in [5.41, 5.74) is 4.09. The highest BCUT2D eigenvalue weighted by Crippen LogP contribution is 2.18. The topological polar surface area (TPSA) is 70.7 Å². The molecule has 2 aromatic heterocycles. The van der Waals surface area contributed by atoms with Crippen LogP contribution in [0.4, 0.5) is 5.69 Å². The number of anilines is 1. The SMILES string of the molecule is O=C(Nc1ccc2nc[nH]c2c1)c1csc(Cc2ccccc2)n1. The zero-order valence-corrected chi connectivity index (χ0v) is 13.5. The summed E-state index contributed by atoms with van der Waals surface area (Å²) in [6.45, 7) is 0. The van der Waals surface area contributed by atoms with Gasteiger partial charge in [-0.3, -0.25) is 4.79 Å². The number of nitrogens with zero attached hydrogens (tertiary/aromatic N) is 2. The number of aromatic amines is 1. The summed E-state index contributed by atoms with van der Waals surface area (Å²) in [7, 11) is 0. The van der Waals surface area contributed by atoms with Crippen LogP contribution in [0.3, 0.4) is 0 Å². The molecule has 0 radical (unpaired) electrons. The third-order valence-electron chi connectivity index (χ3n) is 3.66. The van der Waals surface area contributed by atoms with Crippen molar-refractivity contribution >= 4 is 34.0 Å². The molecule has 2 aromatic carbocycles. The molecule has 0 aliphatic heterocycles. The van der Waals surface area contributed by atoms with Crippen LogP contribution in [0.1, 0.15) is 21.1 Å². The summed E-state index contributed by atoms with van der Waals surface area (Å²) < 4.78 is 0. The first-order valence-electron chi connectivity index (χ1n) is 7.51. The Morgan fingerprint density at radius 3 is 2.92 bits per heavy atom. The minimum atomic E-state index is -0.204. The molecule has 0 spiro atoms. The fraction of sp³-hybridized carbons (Fsp3) is 0.0556. The maximum Gasteiger partial charge on any atom is 0.275 e. The summed E-state index contributed by atoms with van der Waals surface area (Å²) in [5, 5.41) is 5.60. The maximum atomic E-state index is 12.4. The summed E-state index contributed by atoms with van der Waals surface area (Å²) >= 11 is 1.50. The third kappa shape index (κ3) is 3.04. The van der Waals surface area contributed by atoms with Crippen LogP contribution < -0.4 is 5.32 Å². The fourth-order valence-electron chi connectivity index (χ4n) is 2.48. The third-order valence-corrected chi connectivity index (χ3v) is 4.51. The number of carbonyl (C=O) groups is 1. The van der Waals surface area contributed by atoms with E-state index in [1.54, 1.807) is 11.7 Å². The van der Waals surface area contributed by atoms with Crippen LogP contribution >= 0.6 is 11.3 Å². The van der Waals surface area contributed by atoms with Gasteiger partial charge in [0.15, 0.2) is 0 Å². The standard InChI is InChI=1S/C18H14N4OS/c23-18(21-13-6-7-14-15(9-13)20-11-19-14)16-10-24-17(22-16)8-12-4-2-1-3-5-12/h1-7,9-11H,8H2,(H,19,20)(H,21,23). The number of thiazole rings is 1. The van der Waals surface area contributed by atoms with Crippen molar-refractivity contribution in [2.45, 2.75) is 6.42 Å². The normalized spacial score (nSPS) is 10.8. The molecule has 0 saturated heterocycles. The first-order chi connectivity index (χ1) is 11.8. The van der Waals surface area contributed by atoms with Crippen molar-refractivity contribution < 1.29 is 4.79 Å². The highest BCUT2D eigenvalue weighted by molar-refractivity contribution is 7.09. The van der Waals surface area contributed by atoms with Crippen LogP contribution in [0.5, 0.6) is 0 Å². The molecule has 2 N–H and O–H groups in total. The number of rotatable bonds is 4. The van der Waals surface area contributed by atoms with Gasteiger partial charge in [0.05, 0.1) is 22.4 Å². The molecular formula is C18H14N4OS. The fourth-order valence-corrected chi connectivity index (χ4v) is 3.28. The van der Waals surface area contributed by atoms with Gasteiger partial charge in [0, 0.05) is 17.5 Å². The van der Waals surface area contributed by atoms with E-state index in [2.05, 4.69) is 32.4 Å². The predicted octanol–water partition coefficient (Wildman–Crippen LogP) is 3.86. The number of benzene rings is 2. The van der Waals surface area contributed by atoms with E-state index in [1.165, 1.54) is 16.9 Å². The highest BCUT2D eigenvalue weighted by atomic mass is 32.1. The zero-order chi connectivity index (χ0) is 16.4. The molecule has 2 heterocycles. The number of aromatic nitrogens is 3. The first kappa shape index (κ1) is 14.6. The Balaban J connectivity index is 1.48. The van der Waals surface area contributed by atoms with Gasteiger partial charge < -0.3 is 10.3 Å². The minimum absolute atomic E-state index is 0.204. The number of hydrogen-bond acceptors (Lipinski definition) is 4. The molecule has 0 aliphatic carbocycles. The molecule has 0 fully saturated rings. The summed E-state index contributed by atoms with van der Waals surface area (Å²) in [4.78, 5) is 24.0. The lowest BCUT2D eigenvalue weighted by Gasteiger charge is -2.03. The second kappa shape index (κ2) is 6.25. The van der Waals surface area contributed by atoms with E-state index in [1.807, 2.05) is 36.4 Å². The Kier molecular flexibility index (Phi) is 3.80. The lowest BCUT2D eigenvalue weighted by Crippen LogP contribution is -2.12. The molecule has 0 unspecified atom stereocenters. The van der Waals surface area contributed by atoms with E-state index >= 15 is 0 Å². The number of nitrogens with one attached hydrogen (secondary N) is 2.